The Labute approximate surface area is 170 Å². The van der Waals surface area contributed by atoms with E-state index in [9.17, 15) is 18.3 Å². The third-order valence-corrected chi connectivity index (χ3v) is 6.34. The molecule has 8 heteroatoms. The van der Waals surface area contributed by atoms with Gasteiger partial charge in [0.1, 0.15) is 11.5 Å². The van der Waals surface area contributed by atoms with Gasteiger partial charge in [-0.2, -0.15) is 0 Å². The molecule has 1 heterocycles. The number of carboxylic acid groups (broad SMARTS) is 1. The van der Waals surface area contributed by atoms with E-state index in [4.69, 9.17) is 9.47 Å². The molecule has 29 heavy (non-hydrogen) atoms. The first-order valence-electron chi connectivity index (χ1n) is 9.43. The van der Waals surface area contributed by atoms with E-state index in [1.165, 1.54) is 13.8 Å². The molecule has 0 fully saturated rings. The average Bonchev–Trinajstić information content (AvgIpc) is 2.67. The van der Waals surface area contributed by atoms with Crippen LogP contribution in [0.3, 0.4) is 0 Å². The van der Waals surface area contributed by atoms with Gasteiger partial charge >= 0.3 is 5.97 Å². The van der Waals surface area contributed by atoms with E-state index in [0.717, 1.165) is 12.0 Å². The van der Waals surface area contributed by atoms with Crippen LogP contribution in [0.5, 0.6) is 11.5 Å². The maximum Gasteiger partial charge on any atom is 0.347 e. The van der Waals surface area contributed by atoms with Crippen molar-refractivity contribution < 1.29 is 27.8 Å². The Balaban J connectivity index is 1.82. The lowest BCUT2D eigenvalue weighted by atomic mass is 10.0. The number of rotatable bonds is 7. The van der Waals surface area contributed by atoms with Gasteiger partial charge in [-0.25, -0.2) is 17.9 Å². The number of hydrogen-bond donors (Lipinski definition) is 2. The summed E-state index contributed by atoms with van der Waals surface area (Å²) in [6.45, 7) is 5.25. The van der Waals surface area contributed by atoms with Gasteiger partial charge in [0.2, 0.25) is 10.0 Å². The van der Waals surface area contributed by atoms with E-state index in [1.807, 2.05) is 6.92 Å². The van der Waals surface area contributed by atoms with Gasteiger partial charge in [-0.3, -0.25) is 0 Å². The van der Waals surface area contributed by atoms with Crippen LogP contribution < -0.4 is 14.2 Å². The highest BCUT2D eigenvalue weighted by atomic mass is 32.2. The number of aliphatic carboxylic acids is 1. The van der Waals surface area contributed by atoms with Gasteiger partial charge in [0.25, 0.3) is 0 Å². The monoisotopic (exact) mass is 419 g/mol. The van der Waals surface area contributed by atoms with Crippen molar-refractivity contribution in [3.05, 3.63) is 53.6 Å². The maximum absolute atomic E-state index is 12.8. The van der Waals surface area contributed by atoms with Crippen molar-refractivity contribution in [3.8, 4) is 11.5 Å². The molecule has 156 valence electrons. The number of sulfonamides is 1. The zero-order chi connectivity index (χ0) is 21.2. The van der Waals surface area contributed by atoms with Gasteiger partial charge in [-0.05, 0) is 44.0 Å². The highest BCUT2D eigenvalue weighted by Gasteiger charge is 2.31. The Hall–Kier alpha value is -2.58. The van der Waals surface area contributed by atoms with Crippen LogP contribution in [0.25, 0.3) is 0 Å². The van der Waals surface area contributed by atoms with Crippen LogP contribution >= 0.6 is 0 Å². The van der Waals surface area contributed by atoms with Crippen molar-refractivity contribution in [1.82, 2.24) is 4.72 Å². The first kappa shape index (κ1) is 21.1. The summed E-state index contributed by atoms with van der Waals surface area (Å²) in [5.41, 5.74) is 0.358. The number of carboxylic acids is 1. The van der Waals surface area contributed by atoms with Gasteiger partial charge in [0.05, 0.1) is 17.5 Å². The Morgan fingerprint density at radius 1 is 1.24 bits per heavy atom. The van der Waals surface area contributed by atoms with Crippen molar-refractivity contribution in [3.63, 3.8) is 0 Å². The molecule has 2 aromatic rings. The number of hydrogen-bond acceptors (Lipinski definition) is 5. The molecule has 0 saturated heterocycles. The van der Waals surface area contributed by atoms with E-state index < -0.39 is 27.6 Å². The first-order valence-corrected chi connectivity index (χ1v) is 10.9. The number of aryl methyl sites for hydroxylation is 1. The lowest BCUT2D eigenvalue weighted by Crippen LogP contribution is -2.38. The summed E-state index contributed by atoms with van der Waals surface area (Å²) in [5, 5.41) is 9.22. The molecule has 0 aromatic heterocycles. The van der Waals surface area contributed by atoms with E-state index in [-0.39, 0.29) is 4.90 Å². The number of carbonyl (C=O) groups is 1. The third kappa shape index (κ3) is 4.71. The minimum Gasteiger partial charge on any atom is -0.493 e. The largest absolute Gasteiger partial charge is 0.493 e. The SMILES string of the molecule is CCc1ccc(S(=O)(=O)NC2CCOc3cc(OC(C)(C)C(=O)O)ccc32)cc1. The predicted molar refractivity (Wildman–Crippen MR) is 108 cm³/mol. The highest BCUT2D eigenvalue weighted by Crippen LogP contribution is 2.36. The molecule has 0 spiro atoms. The lowest BCUT2D eigenvalue weighted by molar-refractivity contribution is -0.152. The standard InChI is InChI=1S/C21H25NO6S/c1-4-14-5-8-16(9-6-14)29(25,26)22-18-11-12-27-19-13-15(7-10-17(18)19)28-21(2,3)20(23)24/h5-10,13,18,22H,4,11-12H2,1-3H3,(H,23,24). The molecule has 1 aliphatic rings. The normalized spacial score (nSPS) is 16.6. The second kappa shape index (κ2) is 8.04. The minimum atomic E-state index is -3.69. The topological polar surface area (TPSA) is 102 Å². The summed E-state index contributed by atoms with van der Waals surface area (Å²) >= 11 is 0. The molecule has 2 N–H and O–H groups in total. The predicted octanol–water partition coefficient (Wildman–Crippen LogP) is 3.29. The number of benzene rings is 2. The van der Waals surface area contributed by atoms with Crippen LogP contribution in [0.2, 0.25) is 0 Å². The Morgan fingerprint density at radius 3 is 2.55 bits per heavy atom. The quantitative estimate of drug-likeness (QED) is 0.714. The summed E-state index contributed by atoms with van der Waals surface area (Å²) in [4.78, 5) is 11.5. The van der Waals surface area contributed by atoms with Crippen molar-refractivity contribution in [2.24, 2.45) is 0 Å². The fraction of sp³-hybridized carbons (Fsp3) is 0.381. The van der Waals surface area contributed by atoms with Gasteiger partial charge in [0, 0.05) is 18.1 Å². The second-order valence-electron chi connectivity index (χ2n) is 7.43. The van der Waals surface area contributed by atoms with E-state index in [2.05, 4.69) is 4.72 Å². The van der Waals surface area contributed by atoms with Crippen molar-refractivity contribution in [2.45, 2.75) is 50.2 Å². The van der Waals surface area contributed by atoms with Crippen LogP contribution in [0, 0.1) is 0 Å². The molecule has 3 rings (SSSR count). The second-order valence-corrected chi connectivity index (χ2v) is 9.14. The van der Waals surface area contributed by atoms with E-state index >= 15 is 0 Å². The summed E-state index contributed by atoms with van der Waals surface area (Å²) in [6, 6.07) is 11.3. The Bertz CT molecular complexity index is 998. The molecule has 1 aliphatic heterocycles. The number of nitrogens with one attached hydrogen (secondary N) is 1. The molecule has 1 atom stereocenters. The van der Waals surface area contributed by atoms with Crippen LogP contribution in [0.1, 0.15) is 44.4 Å². The summed E-state index contributed by atoms with van der Waals surface area (Å²) in [6.07, 6.45) is 1.32. The average molecular weight is 419 g/mol. The van der Waals surface area contributed by atoms with Crippen molar-refractivity contribution >= 4 is 16.0 Å². The van der Waals surface area contributed by atoms with E-state index in [0.29, 0.717) is 30.1 Å². The fourth-order valence-corrected chi connectivity index (χ4v) is 4.30. The maximum atomic E-state index is 12.8. The molecule has 0 amide bonds. The van der Waals surface area contributed by atoms with Crippen LogP contribution in [0.15, 0.2) is 47.4 Å². The first-order chi connectivity index (χ1) is 13.6. The summed E-state index contributed by atoms with van der Waals surface area (Å²) in [5.74, 6) is -0.269. The zero-order valence-electron chi connectivity index (χ0n) is 16.6. The van der Waals surface area contributed by atoms with Gasteiger partial charge in [-0.1, -0.05) is 25.1 Å². The third-order valence-electron chi connectivity index (χ3n) is 4.85. The van der Waals surface area contributed by atoms with Crippen LogP contribution in [-0.4, -0.2) is 31.7 Å². The molecule has 0 bridgehead atoms. The smallest absolute Gasteiger partial charge is 0.347 e. The van der Waals surface area contributed by atoms with Crippen LogP contribution in [0.4, 0.5) is 0 Å². The Kier molecular flexibility index (Phi) is 5.86. The molecular formula is C21H25NO6S. The molecule has 1 unspecified atom stereocenters. The molecule has 0 aliphatic carbocycles. The summed E-state index contributed by atoms with van der Waals surface area (Å²) < 4.78 is 39.5. The fourth-order valence-electron chi connectivity index (χ4n) is 3.05. The molecule has 7 nitrogen and oxygen atoms in total. The molecule has 0 saturated carbocycles. The van der Waals surface area contributed by atoms with Crippen molar-refractivity contribution in [2.75, 3.05) is 6.61 Å². The van der Waals surface area contributed by atoms with Crippen molar-refractivity contribution in [1.29, 1.82) is 0 Å². The van der Waals surface area contributed by atoms with Gasteiger partial charge in [-0.15, -0.1) is 0 Å². The molecule has 2 aromatic carbocycles. The molecular weight excluding hydrogens is 394 g/mol. The number of ether oxygens (including phenoxy) is 2. The van der Waals surface area contributed by atoms with Gasteiger partial charge < -0.3 is 14.6 Å². The zero-order valence-corrected chi connectivity index (χ0v) is 17.5. The molecule has 0 radical (unpaired) electrons. The van der Waals surface area contributed by atoms with Crippen LogP contribution in [-0.2, 0) is 21.2 Å². The lowest BCUT2D eigenvalue weighted by Gasteiger charge is -2.28. The minimum absolute atomic E-state index is 0.214. The Morgan fingerprint density at radius 2 is 1.93 bits per heavy atom. The van der Waals surface area contributed by atoms with E-state index in [1.54, 1.807) is 42.5 Å². The highest BCUT2D eigenvalue weighted by molar-refractivity contribution is 7.89. The summed E-state index contributed by atoms with van der Waals surface area (Å²) in [7, 11) is -3.69. The van der Waals surface area contributed by atoms with Gasteiger partial charge in [0.15, 0.2) is 5.60 Å². The number of fused-ring (bicyclic) bond motifs is 1.